The first-order valence-corrected chi connectivity index (χ1v) is 6.01. The highest BCUT2D eigenvalue weighted by molar-refractivity contribution is 6.33. The van der Waals surface area contributed by atoms with Crippen molar-refractivity contribution in [3.63, 3.8) is 0 Å². The summed E-state index contributed by atoms with van der Waals surface area (Å²) in [5, 5.41) is 11.2. The second kappa shape index (κ2) is 4.40. The molecule has 0 unspecified atom stereocenters. The number of fused-ring (bicyclic) bond motifs is 1. The predicted octanol–water partition coefficient (Wildman–Crippen LogP) is 2.64. The summed E-state index contributed by atoms with van der Waals surface area (Å²) in [4.78, 5) is 8.22. The Morgan fingerprint density at radius 1 is 1.32 bits per heavy atom. The second-order valence-corrected chi connectivity index (χ2v) is 4.58. The molecule has 0 bridgehead atoms. The van der Waals surface area contributed by atoms with Crippen LogP contribution < -0.4 is 11.1 Å². The molecular formula is C12H11ClN6. The normalized spacial score (nSPS) is 10.8. The molecule has 0 amide bonds. The van der Waals surface area contributed by atoms with Gasteiger partial charge in [-0.05, 0) is 24.6 Å². The van der Waals surface area contributed by atoms with Crippen molar-refractivity contribution in [2.75, 3.05) is 11.1 Å². The number of anilines is 3. The Labute approximate surface area is 114 Å². The maximum atomic E-state index is 6.18. The standard InChI is InChI=1S/C12H11ClN6/c1-6-2-3-9(8(13)4-6)16-10-7-5-15-19-11(7)18-12(14)17-10/h2-5H,1H3,(H4,14,15,16,17,18,19). The van der Waals surface area contributed by atoms with Gasteiger partial charge in [0.15, 0.2) is 5.65 Å². The molecule has 2 heterocycles. The van der Waals surface area contributed by atoms with E-state index in [1.807, 2.05) is 25.1 Å². The molecule has 2 aromatic heterocycles. The van der Waals surface area contributed by atoms with Gasteiger partial charge in [-0.1, -0.05) is 17.7 Å². The molecule has 0 spiro atoms. The number of halogens is 1. The van der Waals surface area contributed by atoms with Crippen molar-refractivity contribution < 1.29 is 0 Å². The SMILES string of the molecule is Cc1ccc(Nc2nc(N)nc3[nH]ncc23)c(Cl)c1. The van der Waals surface area contributed by atoms with Crippen LogP contribution in [0.1, 0.15) is 5.56 Å². The topological polar surface area (TPSA) is 92.5 Å². The van der Waals surface area contributed by atoms with Crippen LogP contribution in [-0.2, 0) is 0 Å². The predicted molar refractivity (Wildman–Crippen MR) is 75.6 cm³/mol. The molecule has 0 atom stereocenters. The van der Waals surface area contributed by atoms with Crippen LogP contribution in [0.4, 0.5) is 17.5 Å². The lowest BCUT2D eigenvalue weighted by Crippen LogP contribution is -2.01. The average molecular weight is 275 g/mol. The minimum atomic E-state index is 0.169. The minimum absolute atomic E-state index is 0.169. The first-order chi connectivity index (χ1) is 9.13. The molecule has 3 rings (SSSR count). The van der Waals surface area contributed by atoms with Gasteiger partial charge in [0.05, 0.1) is 22.3 Å². The maximum absolute atomic E-state index is 6.18. The summed E-state index contributed by atoms with van der Waals surface area (Å²) >= 11 is 6.18. The van der Waals surface area contributed by atoms with Crippen molar-refractivity contribution in [3.8, 4) is 0 Å². The zero-order chi connectivity index (χ0) is 13.4. The molecule has 0 aliphatic carbocycles. The molecule has 96 valence electrons. The van der Waals surface area contributed by atoms with Gasteiger partial charge in [-0.25, -0.2) is 0 Å². The third-order valence-electron chi connectivity index (χ3n) is 2.70. The summed E-state index contributed by atoms with van der Waals surface area (Å²) in [6.45, 7) is 1.98. The van der Waals surface area contributed by atoms with E-state index in [1.54, 1.807) is 6.20 Å². The highest BCUT2D eigenvalue weighted by Gasteiger charge is 2.09. The molecule has 0 saturated heterocycles. The van der Waals surface area contributed by atoms with Crippen LogP contribution in [0.15, 0.2) is 24.4 Å². The van der Waals surface area contributed by atoms with E-state index in [4.69, 9.17) is 17.3 Å². The Kier molecular flexibility index (Phi) is 2.72. The van der Waals surface area contributed by atoms with Crippen LogP contribution in [-0.4, -0.2) is 20.2 Å². The summed E-state index contributed by atoms with van der Waals surface area (Å²) in [7, 11) is 0. The number of aromatic amines is 1. The fraction of sp³-hybridized carbons (Fsp3) is 0.0833. The van der Waals surface area contributed by atoms with Crippen LogP contribution in [0.3, 0.4) is 0 Å². The lowest BCUT2D eigenvalue weighted by atomic mass is 10.2. The number of aromatic nitrogens is 4. The van der Waals surface area contributed by atoms with Gasteiger partial charge in [0.2, 0.25) is 5.95 Å². The summed E-state index contributed by atoms with van der Waals surface area (Å²) in [6, 6.07) is 5.73. The van der Waals surface area contributed by atoms with Gasteiger partial charge in [0, 0.05) is 0 Å². The monoisotopic (exact) mass is 274 g/mol. The molecule has 0 fully saturated rings. The van der Waals surface area contributed by atoms with E-state index in [9.17, 15) is 0 Å². The molecule has 3 aromatic rings. The average Bonchev–Trinajstić information content (AvgIpc) is 2.80. The van der Waals surface area contributed by atoms with Gasteiger partial charge in [0.25, 0.3) is 0 Å². The molecule has 1 aromatic carbocycles. The Morgan fingerprint density at radius 3 is 2.95 bits per heavy atom. The molecule has 0 radical (unpaired) electrons. The maximum Gasteiger partial charge on any atom is 0.224 e. The third kappa shape index (κ3) is 2.17. The summed E-state index contributed by atoms with van der Waals surface area (Å²) in [5.74, 6) is 0.740. The summed E-state index contributed by atoms with van der Waals surface area (Å²) < 4.78 is 0. The van der Waals surface area contributed by atoms with Gasteiger partial charge in [-0.2, -0.15) is 15.1 Å². The van der Waals surface area contributed by atoms with Crippen LogP contribution in [0.25, 0.3) is 11.0 Å². The minimum Gasteiger partial charge on any atom is -0.368 e. The van der Waals surface area contributed by atoms with E-state index in [0.29, 0.717) is 16.5 Å². The molecule has 0 aliphatic rings. The largest absolute Gasteiger partial charge is 0.368 e. The number of H-pyrrole nitrogens is 1. The third-order valence-corrected chi connectivity index (χ3v) is 3.02. The number of benzene rings is 1. The highest BCUT2D eigenvalue weighted by Crippen LogP contribution is 2.28. The summed E-state index contributed by atoms with van der Waals surface area (Å²) in [6.07, 6.45) is 1.64. The van der Waals surface area contributed by atoms with Crippen molar-refractivity contribution in [1.82, 2.24) is 20.2 Å². The number of hydrogen-bond donors (Lipinski definition) is 3. The van der Waals surface area contributed by atoms with E-state index in [-0.39, 0.29) is 5.95 Å². The fourth-order valence-corrected chi connectivity index (χ4v) is 2.08. The zero-order valence-corrected chi connectivity index (χ0v) is 10.9. The lowest BCUT2D eigenvalue weighted by Gasteiger charge is -2.09. The molecule has 6 nitrogen and oxygen atoms in total. The first kappa shape index (κ1) is 11.7. The summed E-state index contributed by atoms with van der Waals surface area (Å²) in [5.41, 5.74) is 8.08. The highest BCUT2D eigenvalue weighted by atomic mass is 35.5. The number of nitrogen functional groups attached to an aromatic ring is 1. The number of nitrogens with zero attached hydrogens (tertiary/aromatic N) is 3. The van der Waals surface area contributed by atoms with E-state index in [2.05, 4.69) is 25.5 Å². The van der Waals surface area contributed by atoms with Crippen molar-refractivity contribution in [1.29, 1.82) is 0 Å². The molecule has 4 N–H and O–H groups in total. The second-order valence-electron chi connectivity index (χ2n) is 4.17. The number of aryl methyl sites for hydroxylation is 1. The van der Waals surface area contributed by atoms with Gasteiger partial charge in [-0.3, -0.25) is 5.10 Å². The van der Waals surface area contributed by atoms with E-state index < -0.39 is 0 Å². The van der Waals surface area contributed by atoms with Crippen LogP contribution >= 0.6 is 11.6 Å². The molecule has 19 heavy (non-hydrogen) atoms. The Hall–Kier alpha value is -2.34. The lowest BCUT2D eigenvalue weighted by molar-refractivity contribution is 1.09. The Bertz CT molecular complexity index is 751. The van der Waals surface area contributed by atoms with Crippen LogP contribution in [0.2, 0.25) is 5.02 Å². The number of rotatable bonds is 2. The molecular weight excluding hydrogens is 264 g/mol. The van der Waals surface area contributed by atoms with Crippen LogP contribution in [0, 0.1) is 6.92 Å². The molecule has 7 heteroatoms. The fourth-order valence-electron chi connectivity index (χ4n) is 1.80. The van der Waals surface area contributed by atoms with E-state index >= 15 is 0 Å². The van der Waals surface area contributed by atoms with Crippen molar-refractivity contribution in [3.05, 3.63) is 35.0 Å². The number of nitrogens with two attached hydrogens (primary N) is 1. The molecule has 0 saturated carbocycles. The quantitative estimate of drug-likeness (QED) is 0.668. The first-order valence-electron chi connectivity index (χ1n) is 5.63. The van der Waals surface area contributed by atoms with Gasteiger partial charge < -0.3 is 11.1 Å². The van der Waals surface area contributed by atoms with Crippen molar-refractivity contribution >= 4 is 40.1 Å². The number of nitrogens with one attached hydrogen (secondary N) is 2. The van der Waals surface area contributed by atoms with Gasteiger partial charge in [-0.15, -0.1) is 0 Å². The van der Waals surface area contributed by atoms with Crippen molar-refractivity contribution in [2.24, 2.45) is 0 Å². The van der Waals surface area contributed by atoms with E-state index in [0.717, 1.165) is 16.6 Å². The zero-order valence-electron chi connectivity index (χ0n) is 10.1. The van der Waals surface area contributed by atoms with Crippen LogP contribution in [0.5, 0.6) is 0 Å². The van der Waals surface area contributed by atoms with Gasteiger partial charge >= 0.3 is 0 Å². The number of hydrogen-bond acceptors (Lipinski definition) is 5. The Balaban J connectivity index is 2.07. The van der Waals surface area contributed by atoms with Gasteiger partial charge in [0.1, 0.15) is 5.82 Å². The smallest absolute Gasteiger partial charge is 0.224 e. The van der Waals surface area contributed by atoms with E-state index in [1.165, 1.54) is 0 Å². The molecule has 0 aliphatic heterocycles. The van der Waals surface area contributed by atoms with Crippen molar-refractivity contribution in [2.45, 2.75) is 6.92 Å². The Morgan fingerprint density at radius 2 is 2.16 bits per heavy atom.